The number of aliphatic hydroxyl groups is 1. The Morgan fingerprint density at radius 3 is 2.68 bits per heavy atom. The van der Waals surface area contributed by atoms with Gasteiger partial charge in [-0.05, 0) is 25.7 Å². The third-order valence-corrected chi connectivity index (χ3v) is 7.22. The molecule has 2 heterocycles. The second kappa shape index (κ2) is 2.60. The van der Waals surface area contributed by atoms with Crippen LogP contribution in [0.2, 0.25) is 0 Å². The molecule has 5 fully saturated rings. The standard InChI is InChI=1S/C15H20O4/c1-13(2)7-8-10(16)14(3)6(19-14)4-5-15(8)9(7)11(13)18-12(15)17/h6-11,16H,4-5H2,1-3H3/t6-,7?,8-,9?,10-,11?,14-,15+/m0/s1. The van der Waals surface area contributed by atoms with Crippen molar-refractivity contribution in [2.75, 3.05) is 0 Å². The summed E-state index contributed by atoms with van der Waals surface area (Å²) in [5.41, 5.74) is -0.787. The van der Waals surface area contributed by atoms with E-state index in [0.29, 0.717) is 11.8 Å². The first-order valence-corrected chi connectivity index (χ1v) is 7.42. The molecule has 2 aliphatic heterocycles. The van der Waals surface area contributed by atoms with E-state index in [1.807, 2.05) is 6.92 Å². The van der Waals surface area contributed by atoms with Crippen LogP contribution in [0.4, 0.5) is 0 Å². The molecule has 4 heteroatoms. The van der Waals surface area contributed by atoms with Gasteiger partial charge in [0, 0.05) is 17.3 Å². The molecule has 3 aliphatic carbocycles. The third kappa shape index (κ3) is 0.831. The summed E-state index contributed by atoms with van der Waals surface area (Å²) >= 11 is 0. The van der Waals surface area contributed by atoms with Crippen LogP contribution >= 0.6 is 0 Å². The van der Waals surface area contributed by atoms with E-state index >= 15 is 0 Å². The highest BCUT2D eigenvalue weighted by Gasteiger charge is 2.88. The minimum absolute atomic E-state index is 0.0110. The van der Waals surface area contributed by atoms with E-state index in [-0.39, 0.29) is 34.9 Å². The Labute approximate surface area is 112 Å². The minimum Gasteiger partial charge on any atom is -0.461 e. The van der Waals surface area contributed by atoms with Gasteiger partial charge in [-0.25, -0.2) is 0 Å². The normalized spacial score (nSPS) is 66.6. The van der Waals surface area contributed by atoms with Gasteiger partial charge in [0.1, 0.15) is 11.7 Å². The number of esters is 1. The fraction of sp³-hybridized carbons (Fsp3) is 0.933. The molecule has 3 unspecified atom stereocenters. The Morgan fingerprint density at radius 1 is 1.21 bits per heavy atom. The van der Waals surface area contributed by atoms with Crippen LogP contribution < -0.4 is 0 Å². The number of ether oxygens (including phenoxy) is 2. The van der Waals surface area contributed by atoms with Crippen molar-refractivity contribution in [3.8, 4) is 0 Å². The lowest BCUT2D eigenvalue weighted by molar-refractivity contribution is -0.287. The molecular weight excluding hydrogens is 244 g/mol. The number of hydrogen-bond donors (Lipinski definition) is 1. The number of carbonyl (C=O) groups excluding carboxylic acids is 1. The summed E-state index contributed by atoms with van der Waals surface area (Å²) < 4.78 is 11.4. The van der Waals surface area contributed by atoms with Gasteiger partial charge in [-0.15, -0.1) is 0 Å². The van der Waals surface area contributed by atoms with Crippen LogP contribution in [0, 0.1) is 28.6 Å². The second-order valence-corrected chi connectivity index (χ2v) is 8.04. The van der Waals surface area contributed by atoms with Gasteiger partial charge in [0.15, 0.2) is 0 Å². The van der Waals surface area contributed by atoms with Gasteiger partial charge in [0.2, 0.25) is 0 Å². The van der Waals surface area contributed by atoms with Crippen LogP contribution in [0.15, 0.2) is 0 Å². The summed E-state index contributed by atoms with van der Waals surface area (Å²) in [5.74, 6) is 0.768. The topological polar surface area (TPSA) is 59.1 Å². The molecule has 5 aliphatic rings. The quantitative estimate of drug-likeness (QED) is 0.526. The highest BCUT2D eigenvalue weighted by molar-refractivity contribution is 5.84. The van der Waals surface area contributed by atoms with Crippen molar-refractivity contribution in [2.45, 2.75) is 57.5 Å². The van der Waals surface area contributed by atoms with Crippen molar-refractivity contribution in [3.05, 3.63) is 0 Å². The largest absolute Gasteiger partial charge is 0.461 e. The summed E-state index contributed by atoms with van der Waals surface area (Å²) in [5, 5.41) is 10.8. The fourth-order valence-corrected chi connectivity index (χ4v) is 6.13. The van der Waals surface area contributed by atoms with Crippen molar-refractivity contribution in [1.29, 1.82) is 0 Å². The number of aliphatic hydroxyl groups excluding tert-OH is 1. The van der Waals surface area contributed by atoms with Crippen LogP contribution in [0.3, 0.4) is 0 Å². The molecule has 0 aromatic heterocycles. The lowest BCUT2D eigenvalue weighted by Crippen LogP contribution is -2.76. The molecule has 1 spiro atoms. The Balaban J connectivity index is 1.65. The molecule has 8 atom stereocenters. The van der Waals surface area contributed by atoms with Gasteiger partial charge in [-0.2, -0.15) is 0 Å². The Bertz CT molecular complexity index is 512. The van der Waals surface area contributed by atoms with Crippen molar-refractivity contribution < 1.29 is 19.4 Å². The molecule has 2 saturated heterocycles. The molecule has 1 N–H and O–H groups in total. The van der Waals surface area contributed by atoms with Crippen LogP contribution in [-0.2, 0) is 14.3 Å². The zero-order chi connectivity index (χ0) is 13.4. The summed E-state index contributed by atoms with van der Waals surface area (Å²) in [4.78, 5) is 12.5. The van der Waals surface area contributed by atoms with E-state index in [2.05, 4.69) is 13.8 Å². The van der Waals surface area contributed by atoms with E-state index in [1.54, 1.807) is 0 Å². The first-order valence-electron chi connectivity index (χ1n) is 7.42. The van der Waals surface area contributed by atoms with Gasteiger partial charge < -0.3 is 14.6 Å². The molecule has 0 aromatic rings. The molecule has 5 rings (SSSR count). The summed E-state index contributed by atoms with van der Waals surface area (Å²) in [6.45, 7) is 6.34. The number of fused-ring (bicyclic) bond motifs is 2. The van der Waals surface area contributed by atoms with Crippen LogP contribution in [-0.4, -0.2) is 35.0 Å². The van der Waals surface area contributed by atoms with E-state index in [0.717, 1.165) is 12.8 Å². The first-order chi connectivity index (χ1) is 8.85. The predicted molar refractivity (Wildman–Crippen MR) is 65.1 cm³/mol. The summed E-state index contributed by atoms with van der Waals surface area (Å²) in [6.07, 6.45) is 1.41. The maximum atomic E-state index is 12.5. The van der Waals surface area contributed by atoms with E-state index in [9.17, 15) is 9.90 Å². The van der Waals surface area contributed by atoms with E-state index in [1.165, 1.54) is 0 Å². The number of rotatable bonds is 0. The number of epoxide rings is 1. The maximum absolute atomic E-state index is 12.5. The predicted octanol–water partition coefficient (Wildman–Crippen LogP) is 1.11. The van der Waals surface area contributed by atoms with Crippen molar-refractivity contribution in [2.24, 2.45) is 28.6 Å². The average molecular weight is 264 g/mol. The first kappa shape index (κ1) is 11.1. The molecule has 3 saturated carbocycles. The van der Waals surface area contributed by atoms with Crippen LogP contribution in [0.5, 0.6) is 0 Å². The molecule has 19 heavy (non-hydrogen) atoms. The van der Waals surface area contributed by atoms with Gasteiger partial charge in [0.05, 0.1) is 17.6 Å². The molecule has 0 aromatic carbocycles. The van der Waals surface area contributed by atoms with Crippen molar-refractivity contribution in [3.63, 3.8) is 0 Å². The zero-order valence-corrected chi connectivity index (χ0v) is 11.6. The van der Waals surface area contributed by atoms with E-state index < -0.39 is 11.7 Å². The minimum atomic E-state index is -0.521. The Kier molecular flexibility index (Phi) is 1.52. The van der Waals surface area contributed by atoms with Gasteiger partial charge in [0.25, 0.3) is 0 Å². The molecule has 0 radical (unpaired) electrons. The molecule has 0 bridgehead atoms. The second-order valence-electron chi connectivity index (χ2n) is 8.04. The molecule has 0 amide bonds. The summed E-state index contributed by atoms with van der Waals surface area (Å²) in [6, 6.07) is 0. The van der Waals surface area contributed by atoms with Crippen LogP contribution in [0.25, 0.3) is 0 Å². The zero-order valence-electron chi connectivity index (χ0n) is 11.6. The van der Waals surface area contributed by atoms with Gasteiger partial charge in [-0.3, -0.25) is 4.79 Å². The smallest absolute Gasteiger partial charge is 0.313 e. The molecule has 104 valence electrons. The monoisotopic (exact) mass is 264 g/mol. The van der Waals surface area contributed by atoms with Crippen LogP contribution in [0.1, 0.15) is 33.6 Å². The third-order valence-electron chi connectivity index (χ3n) is 7.22. The maximum Gasteiger partial charge on any atom is 0.313 e. The fourth-order valence-electron chi connectivity index (χ4n) is 6.13. The lowest BCUT2D eigenvalue weighted by atomic mass is 9.30. The SMILES string of the molecule is CC1(C)C2OC(=O)[C@]34CC[C@@H]5O[C@]5(C)[C@@H](O)[C@@H]3C1C24. The number of carbonyl (C=O) groups is 1. The van der Waals surface area contributed by atoms with E-state index in [4.69, 9.17) is 9.47 Å². The Morgan fingerprint density at radius 2 is 1.95 bits per heavy atom. The molecule has 4 nitrogen and oxygen atoms in total. The lowest BCUT2D eigenvalue weighted by Gasteiger charge is -2.71. The number of hydrogen-bond acceptors (Lipinski definition) is 4. The van der Waals surface area contributed by atoms with Gasteiger partial charge in [-0.1, -0.05) is 13.8 Å². The average Bonchev–Trinajstić information content (AvgIpc) is 2.94. The highest BCUT2D eigenvalue weighted by atomic mass is 16.6. The van der Waals surface area contributed by atoms with Crippen molar-refractivity contribution in [1.82, 2.24) is 0 Å². The summed E-state index contributed by atoms with van der Waals surface area (Å²) in [7, 11) is 0. The van der Waals surface area contributed by atoms with Gasteiger partial charge >= 0.3 is 5.97 Å². The molecular formula is C15H20O4. The Hall–Kier alpha value is -0.610. The highest BCUT2D eigenvalue weighted by Crippen LogP contribution is 2.81. The van der Waals surface area contributed by atoms with Crippen molar-refractivity contribution >= 4 is 5.97 Å².